The summed E-state index contributed by atoms with van der Waals surface area (Å²) >= 11 is 0. The van der Waals surface area contributed by atoms with Gasteiger partial charge in [0.25, 0.3) is 0 Å². The zero-order valence-corrected chi connectivity index (χ0v) is 14.5. The first-order valence-electron chi connectivity index (χ1n) is 8.40. The number of alkyl carbamates (subject to hydrolysis) is 1. The van der Waals surface area contributed by atoms with E-state index in [-0.39, 0.29) is 12.0 Å². The SMILES string of the molecule is CC(C)C[C@H](NC(=O)OC1C[C@@H](C)CC[C@@H]1C(C)C)C(=O)O. The molecule has 1 aliphatic rings. The van der Waals surface area contributed by atoms with Crippen LogP contribution < -0.4 is 5.32 Å². The van der Waals surface area contributed by atoms with Crippen molar-refractivity contribution in [1.82, 2.24) is 5.32 Å². The molecular weight excluding hydrogens is 282 g/mol. The summed E-state index contributed by atoms with van der Waals surface area (Å²) in [6, 6.07) is -0.883. The Balaban J connectivity index is 2.62. The van der Waals surface area contributed by atoms with Crippen LogP contribution in [0, 0.1) is 23.7 Å². The third kappa shape index (κ3) is 5.85. The second-order valence-corrected chi connectivity index (χ2v) is 7.43. The van der Waals surface area contributed by atoms with E-state index >= 15 is 0 Å². The molecular formula is C17H31NO4. The van der Waals surface area contributed by atoms with Crippen molar-refractivity contribution in [2.45, 2.75) is 72.4 Å². The molecule has 1 unspecified atom stereocenters. The molecule has 0 aromatic rings. The first-order chi connectivity index (χ1) is 10.2. The fourth-order valence-corrected chi connectivity index (χ4v) is 3.26. The Labute approximate surface area is 133 Å². The second kappa shape index (κ2) is 8.39. The van der Waals surface area contributed by atoms with E-state index in [2.05, 4.69) is 26.1 Å². The molecule has 1 aliphatic carbocycles. The molecule has 5 nitrogen and oxygen atoms in total. The van der Waals surface area contributed by atoms with Crippen molar-refractivity contribution >= 4 is 12.1 Å². The number of hydrogen-bond donors (Lipinski definition) is 2. The summed E-state index contributed by atoms with van der Waals surface area (Å²) in [5.74, 6) is 0.535. The van der Waals surface area contributed by atoms with Crippen LogP contribution >= 0.6 is 0 Å². The van der Waals surface area contributed by atoms with Gasteiger partial charge in [0.05, 0.1) is 0 Å². The number of hydrogen-bond acceptors (Lipinski definition) is 3. The van der Waals surface area contributed by atoms with Crippen LogP contribution in [-0.4, -0.2) is 29.3 Å². The van der Waals surface area contributed by atoms with Crippen molar-refractivity contribution in [3.8, 4) is 0 Å². The van der Waals surface area contributed by atoms with E-state index in [9.17, 15) is 14.7 Å². The van der Waals surface area contributed by atoms with Crippen LogP contribution in [0.5, 0.6) is 0 Å². The molecule has 4 atom stereocenters. The minimum absolute atomic E-state index is 0.114. The fraction of sp³-hybridized carbons (Fsp3) is 0.882. The van der Waals surface area contributed by atoms with Gasteiger partial charge >= 0.3 is 12.1 Å². The highest BCUT2D eigenvalue weighted by atomic mass is 16.6. The number of carboxylic acids is 1. The lowest BCUT2D eigenvalue weighted by Crippen LogP contribution is -2.45. The first kappa shape index (κ1) is 18.8. The van der Waals surface area contributed by atoms with Gasteiger partial charge in [0.2, 0.25) is 0 Å². The fourth-order valence-electron chi connectivity index (χ4n) is 3.26. The summed E-state index contributed by atoms with van der Waals surface area (Å²) < 4.78 is 5.58. The Morgan fingerprint density at radius 1 is 1.23 bits per heavy atom. The standard InChI is InChI=1S/C17H31NO4/c1-10(2)8-14(16(19)20)18-17(21)22-15-9-12(5)6-7-13(15)11(3)4/h10-15H,6-9H2,1-5H3,(H,18,21)(H,19,20)/t12-,13+,14-,15?/m0/s1. The molecule has 2 N–H and O–H groups in total. The van der Waals surface area contributed by atoms with Gasteiger partial charge < -0.3 is 15.2 Å². The molecule has 128 valence electrons. The molecule has 1 rings (SSSR count). The van der Waals surface area contributed by atoms with Gasteiger partial charge in [-0.25, -0.2) is 9.59 Å². The van der Waals surface area contributed by atoms with Crippen molar-refractivity contribution in [3.63, 3.8) is 0 Å². The van der Waals surface area contributed by atoms with Gasteiger partial charge in [-0.1, -0.05) is 41.0 Å². The van der Waals surface area contributed by atoms with Crippen LogP contribution in [0.25, 0.3) is 0 Å². The van der Waals surface area contributed by atoms with E-state index in [4.69, 9.17) is 4.74 Å². The van der Waals surface area contributed by atoms with Crippen molar-refractivity contribution < 1.29 is 19.4 Å². The molecule has 0 aromatic heterocycles. The highest BCUT2D eigenvalue weighted by Gasteiger charge is 2.34. The Kier molecular flexibility index (Phi) is 7.17. The summed E-state index contributed by atoms with van der Waals surface area (Å²) in [5.41, 5.74) is 0. The average Bonchev–Trinajstić information content (AvgIpc) is 2.36. The highest BCUT2D eigenvalue weighted by molar-refractivity contribution is 5.79. The third-order valence-electron chi connectivity index (χ3n) is 4.52. The lowest BCUT2D eigenvalue weighted by Gasteiger charge is -2.36. The number of nitrogens with one attached hydrogen (secondary N) is 1. The number of aliphatic carboxylic acids is 1. The number of carbonyl (C=O) groups is 2. The Morgan fingerprint density at radius 3 is 2.36 bits per heavy atom. The molecule has 1 saturated carbocycles. The molecule has 0 bridgehead atoms. The Hall–Kier alpha value is -1.26. The first-order valence-corrected chi connectivity index (χ1v) is 8.40. The predicted octanol–water partition coefficient (Wildman–Crippen LogP) is 3.67. The zero-order valence-electron chi connectivity index (χ0n) is 14.5. The van der Waals surface area contributed by atoms with Crippen molar-refractivity contribution in [2.24, 2.45) is 23.7 Å². The summed E-state index contributed by atoms with van der Waals surface area (Å²) in [4.78, 5) is 23.3. The quantitative estimate of drug-likeness (QED) is 0.784. The highest BCUT2D eigenvalue weighted by Crippen LogP contribution is 2.35. The second-order valence-electron chi connectivity index (χ2n) is 7.43. The van der Waals surface area contributed by atoms with Crippen LogP contribution in [-0.2, 0) is 9.53 Å². The van der Waals surface area contributed by atoms with Crippen LogP contribution in [0.2, 0.25) is 0 Å². The molecule has 0 radical (unpaired) electrons. The van der Waals surface area contributed by atoms with Gasteiger partial charge in [0, 0.05) is 0 Å². The topological polar surface area (TPSA) is 75.6 Å². The maximum absolute atomic E-state index is 12.1. The summed E-state index contributed by atoms with van der Waals surface area (Å²) in [6.07, 6.45) is 2.77. The lowest BCUT2D eigenvalue weighted by atomic mass is 9.75. The number of amides is 1. The lowest BCUT2D eigenvalue weighted by molar-refractivity contribution is -0.139. The van der Waals surface area contributed by atoms with Gasteiger partial charge in [0.1, 0.15) is 12.1 Å². The van der Waals surface area contributed by atoms with Crippen LogP contribution in [0.4, 0.5) is 4.79 Å². The normalized spacial score (nSPS) is 26.8. The monoisotopic (exact) mass is 313 g/mol. The van der Waals surface area contributed by atoms with Crippen molar-refractivity contribution in [3.05, 3.63) is 0 Å². The van der Waals surface area contributed by atoms with Crippen LogP contribution in [0.15, 0.2) is 0 Å². The minimum atomic E-state index is -1.01. The van der Waals surface area contributed by atoms with Crippen LogP contribution in [0.3, 0.4) is 0 Å². The number of ether oxygens (including phenoxy) is 1. The van der Waals surface area contributed by atoms with E-state index in [0.29, 0.717) is 24.2 Å². The summed E-state index contributed by atoms with van der Waals surface area (Å²) in [5, 5.41) is 11.7. The Morgan fingerprint density at radius 2 is 1.86 bits per heavy atom. The maximum atomic E-state index is 12.1. The largest absolute Gasteiger partial charge is 0.480 e. The number of carboxylic acid groups (broad SMARTS) is 1. The predicted molar refractivity (Wildman–Crippen MR) is 85.6 cm³/mol. The number of carbonyl (C=O) groups excluding carboxylic acids is 1. The molecule has 1 amide bonds. The van der Waals surface area contributed by atoms with E-state index in [1.807, 2.05) is 13.8 Å². The number of rotatable bonds is 6. The third-order valence-corrected chi connectivity index (χ3v) is 4.52. The minimum Gasteiger partial charge on any atom is -0.480 e. The van der Waals surface area contributed by atoms with Crippen molar-refractivity contribution in [2.75, 3.05) is 0 Å². The molecule has 0 aromatic carbocycles. The molecule has 0 heterocycles. The van der Waals surface area contributed by atoms with E-state index < -0.39 is 18.1 Å². The molecule has 0 spiro atoms. The zero-order chi connectivity index (χ0) is 16.9. The van der Waals surface area contributed by atoms with Gasteiger partial charge in [-0.05, 0) is 42.9 Å². The van der Waals surface area contributed by atoms with E-state index in [1.54, 1.807) is 0 Å². The average molecular weight is 313 g/mol. The van der Waals surface area contributed by atoms with Gasteiger partial charge in [-0.3, -0.25) is 0 Å². The van der Waals surface area contributed by atoms with E-state index in [1.165, 1.54) is 0 Å². The molecule has 1 fully saturated rings. The molecule has 5 heteroatoms. The smallest absolute Gasteiger partial charge is 0.408 e. The van der Waals surface area contributed by atoms with Gasteiger partial charge in [0.15, 0.2) is 0 Å². The van der Waals surface area contributed by atoms with E-state index in [0.717, 1.165) is 19.3 Å². The van der Waals surface area contributed by atoms with Gasteiger partial charge in [-0.2, -0.15) is 0 Å². The maximum Gasteiger partial charge on any atom is 0.408 e. The molecule has 0 saturated heterocycles. The van der Waals surface area contributed by atoms with Gasteiger partial charge in [-0.15, -0.1) is 0 Å². The van der Waals surface area contributed by atoms with Crippen LogP contribution in [0.1, 0.15) is 60.3 Å². The van der Waals surface area contributed by atoms with Crippen molar-refractivity contribution in [1.29, 1.82) is 0 Å². The summed E-state index contributed by atoms with van der Waals surface area (Å²) in [6.45, 7) is 10.3. The Bertz CT molecular complexity index is 381. The molecule has 0 aliphatic heterocycles. The molecule has 22 heavy (non-hydrogen) atoms. The summed E-state index contributed by atoms with van der Waals surface area (Å²) in [7, 11) is 0.